The van der Waals surface area contributed by atoms with Gasteiger partial charge in [-0.3, -0.25) is 4.79 Å². The third-order valence-corrected chi connectivity index (χ3v) is 3.53. The number of anilines is 1. The van der Waals surface area contributed by atoms with Gasteiger partial charge in [0.05, 0.1) is 10.6 Å². The smallest absolute Gasteiger partial charge is 0.252 e. The number of carbonyl (C=O) groups excluding carboxylic acids is 1. The average Bonchev–Trinajstić information content (AvgIpc) is 2.90. The molecule has 0 bridgehead atoms. The first kappa shape index (κ1) is 12.5. The minimum atomic E-state index is -0.479. The van der Waals surface area contributed by atoms with E-state index in [2.05, 4.69) is 22.2 Å². The first-order valence-corrected chi connectivity index (χ1v) is 6.44. The molecule has 0 aliphatic rings. The van der Waals surface area contributed by atoms with Crippen LogP contribution < -0.4 is 11.1 Å². The van der Waals surface area contributed by atoms with E-state index in [0.717, 1.165) is 5.01 Å². The van der Waals surface area contributed by atoms with Gasteiger partial charge in [-0.1, -0.05) is 6.92 Å². The zero-order valence-electron chi connectivity index (χ0n) is 9.96. The van der Waals surface area contributed by atoms with Gasteiger partial charge in [0.15, 0.2) is 0 Å². The molecule has 1 amide bonds. The van der Waals surface area contributed by atoms with E-state index in [0.29, 0.717) is 17.9 Å². The van der Waals surface area contributed by atoms with Crippen LogP contribution in [-0.4, -0.2) is 22.4 Å². The Morgan fingerprint density at radius 2 is 2.33 bits per heavy atom. The van der Waals surface area contributed by atoms with Gasteiger partial charge in [0.2, 0.25) is 0 Å². The second kappa shape index (κ2) is 5.59. The van der Waals surface area contributed by atoms with Crippen LogP contribution in [0.4, 0.5) is 5.82 Å². The predicted octanol–water partition coefficient (Wildman–Crippen LogP) is 1.85. The van der Waals surface area contributed by atoms with Gasteiger partial charge < -0.3 is 11.1 Å². The standard InChI is InChI=1S/C12H14N4OS/c1-8(12-15-5-6-18-12)7-16-11-9(10(13)17)3-2-4-14-11/h2-6,8H,7H2,1H3,(H2,13,17)(H,14,16). The van der Waals surface area contributed by atoms with Crippen molar-refractivity contribution in [1.82, 2.24) is 9.97 Å². The van der Waals surface area contributed by atoms with Gasteiger partial charge >= 0.3 is 0 Å². The van der Waals surface area contributed by atoms with Crippen LogP contribution in [0.2, 0.25) is 0 Å². The third-order valence-electron chi connectivity index (χ3n) is 2.52. The van der Waals surface area contributed by atoms with Crippen LogP contribution >= 0.6 is 11.3 Å². The molecule has 0 aromatic carbocycles. The number of aromatic nitrogens is 2. The normalized spacial score (nSPS) is 12.1. The number of primary amides is 1. The van der Waals surface area contributed by atoms with Crippen molar-refractivity contribution in [2.24, 2.45) is 5.73 Å². The van der Waals surface area contributed by atoms with Crippen molar-refractivity contribution in [2.45, 2.75) is 12.8 Å². The number of thiazole rings is 1. The lowest BCUT2D eigenvalue weighted by Gasteiger charge is -2.12. The van der Waals surface area contributed by atoms with E-state index in [1.54, 1.807) is 35.9 Å². The van der Waals surface area contributed by atoms with Crippen molar-refractivity contribution in [3.05, 3.63) is 40.5 Å². The van der Waals surface area contributed by atoms with Gasteiger partial charge in [-0.25, -0.2) is 9.97 Å². The van der Waals surface area contributed by atoms with E-state index >= 15 is 0 Å². The molecular formula is C12H14N4OS. The monoisotopic (exact) mass is 262 g/mol. The summed E-state index contributed by atoms with van der Waals surface area (Å²) in [4.78, 5) is 19.6. The summed E-state index contributed by atoms with van der Waals surface area (Å²) in [5, 5.41) is 6.14. The summed E-state index contributed by atoms with van der Waals surface area (Å²) >= 11 is 1.61. The number of carbonyl (C=O) groups is 1. The van der Waals surface area contributed by atoms with Crippen LogP contribution in [0.15, 0.2) is 29.9 Å². The highest BCUT2D eigenvalue weighted by Crippen LogP contribution is 2.19. The van der Waals surface area contributed by atoms with Crippen molar-refractivity contribution in [2.75, 3.05) is 11.9 Å². The number of hydrogen-bond acceptors (Lipinski definition) is 5. The van der Waals surface area contributed by atoms with Crippen LogP contribution in [0.3, 0.4) is 0 Å². The highest BCUT2D eigenvalue weighted by Gasteiger charge is 2.11. The molecule has 1 unspecified atom stereocenters. The highest BCUT2D eigenvalue weighted by atomic mass is 32.1. The molecule has 18 heavy (non-hydrogen) atoms. The summed E-state index contributed by atoms with van der Waals surface area (Å²) in [6.07, 6.45) is 3.41. The molecule has 0 saturated carbocycles. The Balaban J connectivity index is 2.04. The maximum Gasteiger partial charge on any atom is 0.252 e. The molecule has 0 saturated heterocycles. The lowest BCUT2D eigenvalue weighted by molar-refractivity contribution is 0.100. The summed E-state index contributed by atoms with van der Waals surface area (Å²) < 4.78 is 0. The van der Waals surface area contributed by atoms with Crippen LogP contribution in [-0.2, 0) is 0 Å². The molecule has 0 aliphatic carbocycles. The minimum Gasteiger partial charge on any atom is -0.369 e. The zero-order valence-corrected chi connectivity index (χ0v) is 10.8. The third kappa shape index (κ3) is 2.84. The summed E-state index contributed by atoms with van der Waals surface area (Å²) in [6.45, 7) is 2.73. The van der Waals surface area contributed by atoms with Gasteiger partial charge in [0.1, 0.15) is 5.82 Å². The topological polar surface area (TPSA) is 80.9 Å². The van der Waals surface area contributed by atoms with E-state index in [1.807, 2.05) is 5.38 Å². The number of nitrogens with zero attached hydrogens (tertiary/aromatic N) is 2. The number of nitrogens with two attached hydrogens (primary N) is 1. The minimum absolute atomic E-state index is 0.257. The average molecular weight is 262 g/mol. The van der Waals surface area contributed by atoms with Crippen LogP contribution in [0.5, 0.6) is 0 Å². The van der Waals surface area contributed by atoms with Crippen LogP contribution in [0.1, 0.15) is 28.2 Å². The van der Waals surface area contributed by atoms with Crippen molar-refractivity contribution >= 4 is 23.1 Å². The van der Waals surface area contributed by atoms with Gasteiger partial charge in [-0.2, -0.15) is 0 Å². The van der Waals surface area contributed by atoms with E-state index < -0.39 is 5.91 Å². The molecule has 2 rings (SSSR count). The van der Waals surface area contributed by atoms with Crippen molar-refractivity contribution in [3.63, 3.8) is 0 Å². The Morgan fingerprint density at radius 1 is 1.50 bits per heavy atom. The number of amides is 1. The maximum atomic E-state index is 11.2. The van der Waals surface area contributed by atoms with Gasteiger partial charge in [-0.15, -0.1) is 11.3 Å². The molecule has 0 aliphatic heterocycles. The molecular weight excluding hydrogens is 248 g/mol. The Labute approximate surface area is 109 Å². The van der Waals surface area contributed by atoms with E-state index in [-0.39, 0.29) is 5.92 Å². The fourth-order valence-electron chi connectivity index (χ4n) is 1.56. The van der Waals surface area contributed by atoms with Gasteiger partial charge in [-0.05, 0) is 12.1 Å². The molecule has 3 N–H and O–H groups in total. The number of pyridine rings is 1. The molecule has 2 aromatic rings. The molecule has 0 spiro atoms. The largest absolute Gasteiger partial charge is 0.369 e. The molecule has 2 heterocycles. The molecule has 6 heteroatoms. The van der Waals surface area contributed by atoms with E-state index in [4.69, 9.17) is 5.73 Å². The number of hydrogen-bond donors (Lipinski definition) is 2. The van der Waals surface area contributed by atoms with E-state index in [1.165, 1.54) is 0 Å². The van der Waals surface area contributed by atoms with E-state index in [9.17, 15) is 4.79 Å². The molecule has 1 atom stereocenters. The quantitative estimate of drug-likeness (QED) is 0.861. The highest BCUT2D eigenvalue weighted by molar-refractivity contribution is 7.09. The molecule has 2 aromatic heterocycles. The Morgan fingerprint density at radius 3 is 3.00 bits per heavy atom. The first-order chi connectivity index (χ1) is 8.68. The Kier molecular flexibility index (Phi) is 3.88. The van der Waals surface area contributed by atoms with Gasteiger partial charge in [0, 0.05) is 30.2 Å². The summed E-state index contributed by atoms with van der Waals surface area (Å²) in [7, 11) is 0. The second-order valence-electron chi connectivity index (χ2n) is 3.92. The molecule has 94 valence electrons. The van der Waals surface area contributed by atoms with Crippen molar-refractivity contribution in [1.29, 1.82) is 0 Å². The summed E-state index contributed by atoms with van der Waals surface area (Å²) in [5.74, 6) is 0.300. The lowest BCUT2D eigenvalue weighted by atomic mass is 10.2. The summed E-state index contributed by atoms with van der Waals surface area (Å²) in [5.41, 5.74) is 5.69. The fourth-order valence-corrected chi connectivity index (χ4v) is 2.26. The van der Waals surface area contributed by atoms with Gasteiger partial charge in [0.25, 0.3) is 5.91 Å². The maximum absolute atomic E-state index is 11.2. The predicted molar refractivity (Wildman–Crippen MR) is 71.8 cm³/mol. The summed E-state index contributed by atoms with van der Waals surface area (Å²) in [6, 6.07) is 3.35. The number of rotatable bonds is 5. The zero-order chi connectivity index (χ0) is 13.0. The van der Waals surface area contributed by atoms with Crippen LogP contribution in [0.25, 0.3) is 0 Å². The second-order valence-corrected chi connectivity index (χ2v) is 4.84. The molecule has 5 nitrogen and oxygen atoms in total. The van der Waals surface area contributed by atoms with Crippen molar-refractivity contribution < 1.29 is 4.79 Å². The fraction of sp³-hybridized carbons (Fsp3) is 0.250. The Hall–Kier alpha value is -1.95. The van der Waals surface area contributed by atoms with Crippen molar-refractivity contribution in [3.8, 4) is 0 Å². The Bertz CT molecular complexity index is 527. The number of nitrogens with one attached hydrogen (secondary N) is 1. The molecule has 0 fully saturated rings. The lowest BCUT2D eigenvalue weighted by Crippen LogP contribution is -2.17. The first-order valence-electron chi connectivity index (χ1n) is 5.56. The van der Waals surface area contributed by atoms with Crippen LogP contribution in [0, 0.1) is 0 Å². The molecule has 0 radical (unpaired) electrons. The SMILES string of the molecule is CC(CNc1ncccc1C(N)=O)c1nccs1.